The number of nitrogens with zero attached hydrogens (tertiary/aromatic N) is 2. The minimum atomic E-state index is -3.26. The van der Waals surface area contributed by atoms with Crippen LogP contribution in [-0.4, -0.2) is 49.8 Å². The van der Waals surface area contributed by atoms with E-state index in [1.165, 1.54) is 0 Å². The SMILES string of the molecule is CS(=O)(=O)NC[C@@H]1CCCCN1C(=O)c1cc(C2CC2)on1. The summed E-state index contributed by atoms with van der Waals surface area (Å²) in [5.74, 6) is 1.03. The van der Waals surface area contributed by atoms with E-state index in [0.29, 0.717) is 18.2 Å². The molecule has 122 valence electrons. The Morgan fingerprint density at radius 1 is 1.41 bits per heavy atom. The molecule has 7 nitrogen and oxygen atoms in total. The molecule has 1 atom stereocenters. The van der Waals surface area contributed by atoms with Crippen molar-refractivity contribution in [2.45, 2.75) is 44.1 Å². The Hall–Kier alpha value is -1.41. The normalized spacial score (nSPS) is 22.8. The Labute approximate surface area is 130 Å². The minimum absolute atomic E-state index is 0.128. The highest BCUT2D eigenvalue weighted by Gasteiger charge is 2.32. The fourth-order valence-electron chi connectivity index (χ4n) is 2.83. The third-order valence-corrected chi connectivity index (χ3v) is 4.89. The first-order chi connectivity index (χ1) is 10.4. The molecule has 0 radical (unpaired) electrons. The summed E-state index contributed by atoms with van der Waals surface area (Å²) >= 11 is 0. The molecule has 0 aromatic carbocycles. The van der Waals surface area contributed by atoms with Gasteiger partial charge in [-0.25, -0.2) is 13.1 Å². The second kappa shape index (κ2) is 6.00. The van der Waals surface area contributed by atoms with Crippen LogP contribution in [0.25, 0.3) is 0 Å². The first-order valence-corrected chi connectivity index (χ1v) is 9.55. The number of piperidine rings is 1. The molecule has 1 saturated heterocycles. The van der Waals surface area contributed by atoms with Gasteiger partial charge in [0.1, 0.15) is 5.76 Å². The summed E-state index contributed by atoms with van der Waals surface area (Å²) in [7, 11) is -3.26. The van der Waals surface area contributed by atoms with Crippen LogP contribution in [0.1, 0.15) is 54.3 Å². The highest BCUT2D eigenvalue weighted by molar-refractivity contribution is 7.88. The largest absolute Gasteiger partial charge is 0.360 e. The Kier molecular flexibility index (Phi) is 4.22. The van der Waals surface area contributed by atoms with E-state index in [0.717, 1.165) is 44.1 Å². The van der Waals surface area contributed by atoms with Crippen LogP contribution in [0.15, 0.2) is 10.6 Å². The summed E-state index contributed by atoms with van der Waals surface area (Å²) in [6.45, 7) is 0.873. The van der Waals surface area contributed by atoms with E-state index in [4.69, 9.17) is 4.52 Å². The lowest BCUT2D eigenvalue weighted by Gasteiger charge is -2.35. The van der Waals surface area contributed by atoms with E-state index < -0.39 is 10.0 Å². The molecule has 2 aliphatic rings. The summed E-state index contributed by atoms with van der Waals surface area (Å²) < 4.78 is 30.3. The van der Waals surface area contributed by atoms with Crippen LogP contribution in [0.5, 0.6) is 0 Å². The number of carbonyl (C=O) groups excluding carboxylic acids is 1. The van der Waals surface area contributed by atoms with Gasteiger partial charge in [-0.1, -0.05) is 5.16 Å². The molecule has 1 amide bonds. The van der Waals surface area contributed by atoms with Crippen LogP contribution < -0.4 is 4.72 Å². The van der Waals surface area contributed by atoms with E-state index in [1.807, 2.05) is 0 Å². The van der Waals surface area contributed by atoms with Crippen LogP contribution in [0.3, 0.4) is 0 Å². The Morgan fingerprint density at radius 2 is 2.18 bits per heavy atom. The van der Waals surface area contributed by atoms with Gasteiger partial charge in [0.2, 0.25) is 10.0 Å². The van der Waals surface area contributed by atoms with Crippen molar-refractivity contribution in [3.8, 4) is 0 Å². The van der Waals surface area contributed by atoms with Gasteiger partial charge in [0.05, 0.1) is 6.26 Å². The molecule has 22 heavy (non-hydrogen) atoms. The summed E-state index contributed by atoms with van der Waals surface area (Å²) in [4.78, 5) is 14.3. The molecule has 0 unspecified atom stereocenters. The van der Waals surface area contributed by atoms with Crippen molar-refractivity contribution in [3.05, 3.63) is 17.5 Å². The Morgan fingerprint density at radius 3 is 2.86 bits per heavy atom. The van der Waals surface area contributed by atoms with Crippen LogP contribution in [0.2, 0.25) is 0 Å². The number of hydrogen-bond donors (Lipinski definition) is 1. The van der Waals surface area contributed by atoms with Gasteiger partial charge in [0.25, 0.3) is 5.91 Å². The van der Waals surface area contributed by atoms with Gasteiger partial charge in [0.15, 0.2) is 5.69 Å². The molecular formula is C14H21N3O4S. The molecule has 0 bridgehead atoms. The minimum Gasteiger partial charge on any atom is -0.360 e. The lowest BCUT2D eigenvalue weighted by Crippen LogP contribution is -2.49. The summed E-state index contributed by atoms with van der Waals surface area (Å²) in [6, 6.07) is 1.60. The standard InChI is InChI=1S/C14H21N3O4S/c1-22(19,20)15-9-11-4-2-3-7-17(11)14(18)12-8-13(21-16-12)10-5-6-10/h8,10-11,15H,2-7,9H2,1H3/t11-/m0/s1. The van der Waals surface area contributed by atoms with Crippen molar-refractivity contribution < 1.29 is 17.7 Å². The van der Waals surface area contributed by atoms with E-state index in [1.54, 1.807) is 11.0 Å². The van der Waals surface area contributed by atoms with Crippen molar-refractivity contribution in [1.29, 1.82) is 0 Å². The molecule has 1 aliphatic heterocycles. The molecule has 1 aromatic rings. The number of sulfonamides is 1. The first-order valence-electron chi connectivity index (χ1n) is 7.66. The number of amides is 1. The topological polar surface area (TPSA) is 92.5 Å². The number of likely N-dealkylation sites (tertiary alicyclic amines) is 1. The molecule has 1 N–H and O–H groups in total. The van der Waals surface area contributed by atoms with E-state index in [2.05, 4.69) is 9.88 Å². The van der Waals surface area contributed by atoms with Gasteiger partial charge in [-0.3, -0.25) is 4.79 Å². The molecular weight excluding hydrogens is 306 g/mol. The molecule has 3 rings (SSSR count). The van der Waals surface area contributed by atoms with Crippen LogP contribution >= 0.6 is 0 Å². The number of hydrogen-bond acceptors (Lipinski definition) is 5. The smallest absolute Gasteiger partial charge is 0.276 e. The van der Waals surface area contributed by atoms with Gasteiger partial charge in [-0.2, -0.15) is 0 Å². The number of aromatic nitrogens is 1. The fraction of sp³-hybridized carbons (Fsp3) is 0.714. The second-order valence-corrected chi connectivity index (χ2v) is 7.99. The average Bonchev–Trinajstić information content (AvgIpc) is 3.21. The van der Waals surface area contributed by atoms with Crippen molar-refractivity contribution in [1.82, 2.24) is 14.8 Å². The predicted octanol–water partition coefficient (Wildman–Crippen LogP) is 1.10. The first kappa shape index (κ1) is 15.5. The van der Waals surface area contributed by atoms with Gasteiger partial charge >= 0.3 is 0 Å². The third kappa shape index (κ3) is 3.67. The fourth-order valence-corrected chi connectivity index (χ4v) is 3.32. The highest BCUT2D eigenvalue weighted by atomic mass is 32.2. The van der Waals surface area contributed by atoms with Crippen LogP contribution in [0, 0.1) is 0 Å². The molecule has 1 aliphatic carbocycles. The quantitative estimate of drug-likeness (QED) is 0.874. The van der Waals surface area contributed by atoms with Gasteiger partial charge in [0, 0.05) is 31.1 Å². The van der Waals surface area contributed by atoms with Gasteiger partial charge < -0.3 is 9.42 Å². The number of nitrogens with one attached hydrogen (secondary N) is 1. The zero-order valence-electron chi connectivity index (χ0n) is 12.6. The number of carbonyl (C=O) groups is 1. The zero-order chi connectivity index (χ0) is 15.7. The van der Waals surface area contributed by atoms with Gasteiger partial charge in [-0.15, -0.1) is 0 Å². The van der Waals surface area contributed by atoms with Crippen molar-refractivity contribution in [3.63, 3.8) is 0 Å². The molecule has 0 spiro atoms. The van der Waals surface area contributed by atoms with Crippen molar-refractivity contribution >= 4 is 15.9 Å². The maximum absolute atomic E-state index is 12.6. The lowest BCUT2D eigenvalue weighted by atomic mass is 10.0. The zero-order valence-corrected chi connectivity index (χ0v) is 13.4. The Bertz CT molecular complexity index is 651. The molecule has 8 heteroatoms. The molecule has 1 aromatic heterocycles. The molecule has 2 fully saturated rings. The molecule has 2 heterocycles. The van der Waals surface area contributed by atoms with Crippen molar-refractivity contribution in [2.24, 2.45) is 0 Å². The van der Waals surface area contributed by atoms with Crippen molar-refractivity contribution in [2.75, 3.05) is 19.3 Å². The highest BCUT2D eigenvalue weighted by Crippen LogP contribution is 2.40. The summed E-state index contributed by atoms with van der Waals surface area (Å²) in [5, 5.41) is 3.89. The summed E-state index contributed by atoms with van der Waals surface area (Å²) in [5.41, 5.74) is 0.327. The van der Waals surface area contributed by atoms with E-state index in [-0.39, 0.29) is 18.5 Å². The maximum atomic E-state index is 12.6. The van der Waals surface area contributed by atoms with E-state index >= 15 is 0 Å². The van der Waals surface area contributed by atoms with Gasteiger partial charge in [-0.05, 0) is 32.1 Å². The molecule has 1 saturated carbocycles. The second-order valence-electron chi connectivity index (χ2n) is 6.16. The number of rotatable bonds is 5. The lowest BCUT2D eigenvalue weighted by molar-refractivity contribution is 0.0608. The van der Waals surface area contributed by atoms with Crippen LogP contribution in [0.4, 0.5) is 0 Å². The van der Waals surface area contributed by atoms with Crippen LogP contribution in [-0.2, 0) is 10.0 Å². The third-order valence-electron chi connectivity index (χ3n) is 4.20. The van der Waals surface area contributed by atoms with E-state index in [9.17, 15) is 13.2 Å². The Balaban J connectivity index is 1.69. The average molecular weight is 327 g/mol. The monoisotopic (exact) mass is 327 g/mol. The summed E-state index contributed by atoms with van der Waals surface area (Å²) in [6.07, 6.45) is 6.02. The predicted molar refractivity (Wildman–Crippen MR) is 80.0 cm³/mol. The maximum Gasteiger partial charge on any atom is 0.276 e.